The van der Waals surface area contributed by atoms with Crippen molar-refractivity contribution in [3.05, 3.63) is 69.2 Å². The van der Waals surface area contributed by atoms with Crippen LogP contribution in [-0.2, 0) is 4.79 Å². The third-order valence-corrected chi connectivity index (χ3v) is 6.06. The van der Waals surface area contributed by atoms with Crippen molar-refractivity contribution in [2.75, 3.05) is 7.11 Å². The normalized spacial score (nSPS) is 15.1. The highest BCUT2D eigenvalue weighted by Gasteiger charge is 2.38. The van der Waals surface area contributed by atoms with Crippen LogP contribution in [0.15, 0.2) is 45.7 Å². The van der Waals surface area contributed by atoms with Crippen LogP contribution in [0.2, 0.25) is 0 Å². The molecule has 2 aromatic heterocycles. The summed E-state index contributed by atoms with van der Waals surface area (Å²) >= 11 is 0. The second-order valence-electron chi connectivity index (χ2n) is 8.13. The number of H-pyrrole nitrogens is 1. The number of aromatic amines is 1. The number of phenols is 1. The second kappa shape index (κ2) is 7.87. The van der Waals surface area contributed by atoms with E-state index in [1.54, 1.807) is 32.4 Å². The van der Waals surface area contributed by atoms with Crippen LogP contribution in [0, 0.1) is 6.92 Å². The molecule has 2 aromatic carbocycles. The molecule has 2 N–H and O–H groups in total. The predicted octanol–water partition coefficient (Wildman–Crippen LogP) is 3.85. The molecule has 3 heterocycles. The zero-order valence-corrected chi connectivity index (χ0v) is 18.6. The fourth-order valence-corrected chi connectivity index (χ4v) is 4.55. The second-order valence-corrected chi connectivity index (χ2v) is 8.13. The van der Waals surface area contributed by atoms with Crippen LogP contribution in [0.25, 0.3) is 22.2 Å². The molecule has 172 valence electrons. The average Bonchev–Trinajstić information content (AvgIpc) is 3.27. The number of hydrogen-bond donors (Lipinski definition) is 2. The molecule has 0 saturated heterocycles. The van der Waals surface area contributed by atoms with Crippen molar-refractivity contribution in [2.24, 2.45) is 0 Å². The first-order valence-corrected chi connectivity index (χ1v) is 10.5. The molecule has 0 saturated carbocycles. The largest absolute Gasteiger partial charge is 0.506 e. The number of aromatic nitrogens is 2. The summed E-state index contributed by atoms with van der Waals surface area (Å²) in [6.07, 6.45) is 1.51. The van der Waals surface area contributed by atoms with Crippen molar-refractivity contribution in [3.63, 3.8) is 0 Å². The van der Waals surface area contributed by atoms with Crippen molar-refractivity contribution >= 4 is 22.7 Å². The summed E-state index contributed by atoms with van der Waals surface area (Å²) in [6, 6.07) is 8.53. The number of ketones is 1. The van der Waals surface area contributed by atoms with Gasteiger partial charge in [0.05, 0.1) is 30.8 Å². The van der Waals surface area contributed by atoms with E-state index in [2.05, 4.69) is 10.2 Å². The number of aromatic hydroxyl groups is 1. The molecule has 0 fully saturated rings. The van der Waals surface area contributed by atoms with Gasteiger partial charge in [-0.3, -0.25) is 14.7 Å². The van der Waals surface area contributed by atoms with Crippen LogP contribution < -0.4 is 15.1 Å². The van der Waals surface area contributed by atoms with Gasteiger partial charge in [-0.25, -0.2) is 4.79 Å². The van der Waals surface area contributed by atoms with Gasteiger partial charge in [-0.1, -0.05) is 0 Å². The van der Waals surface area contributed by atoms with E-state index in [9.17, 15) is 19.5 Å². The van der Waals surface area contributed by atoms with Gasteiger partial charge in [-0.2, -0.15) is 5.10 Å². The Morgan fingerprint density at radius 3 is 2.65 bits per heavy atom. The molecule has 0 radical (unpaired) electrons. The molecule has 0 bridgehead atoms. The predicted molar refractivity (Wildman–Crippen MR) is 122 cm³/mol. The van der Waals surface area contributed by atoms with E-state index in [1.807, 2.05) is 12.1 Å². The summed E-state index contributed by atoms with van der Waals surface area (Å²) in [5.74, 6) is -1.54. The molecule has 1 aliphatic rings. The fourth-order valence-electron chi connectivity index (χ4n) is 4.55. The Morgan fingerprint density at radius 1 is 1.24 bits per heavy atom. The number of Topliss-reactive ketones (excluding diaryl/α,β-unsaturated/α-hetero) is 1. The van der Waals surface area contributed by atoms with Crippen molar-refractivity contribution in [1.29, 1.82) is 0 Å². The van der Waals surface area contributed by atoms with Gasteiger partial charge in [0.2, 0.25) is 0 Å². The SMILES string of the molecule is COc1ccc(-c2[nH]ncc2C2CC(=O)Oc3c(C(C)=O)c(O)c4c(C)cc(=O)oc4c32)cc1. The van der Waals surface area contributed by atoms with Gasteiger partial charge >= 0.3 is 11.6 Å². The number of carbonyl (C=O) groups excluding carboxylic acids is 2. The Kier molecular flexibility index (Phi) is 4.97. The van der Waals surface area contributed by atoms with Crippen molar-refractivity contribution < 1.29 is 28.6 Å². The molecule has 1 aliphatic heterocycles. The van der Waals surface area contributed by atoms with Crippen LogP contribution in [0.1, 0.15) is 46.3 Å². The van der Waals surface area contributed by atoms with E-state index in [1.165, 1.54) is 13.0 Å². The number of nitrogens with one attached hydrogen (secondary N) is 1. The van der Waals surface area contributed by atoms with E-state index >= 15 is 0 Å². The molecule has 0 aliphatic carbocycles. The molecule has 1 atom stereocenters. The maximum Gasteiger partial charge on any atom is 0.336 e. The van der Waals surface area contributed by atoms with Crippen molar-refractivity contribution in [1.82, 2.24) is 10.2 Å². The number of ether oxygens (including phenoxy) is 2. The third kappa shape index (κ3) is 3.24. The average molecular weight is 460 g/mol. The van der Waals surface area contributed by atoms with E-state index in [0.29, 0.717) is 28.1 Å². The van der Waals surface area contributed by atoms with Gasteiger partial charge in [0.25, 0.3) is 0 Å². The van der Waals surface area contributed by atoms with Crippen LogP contribution in [0.3, 0.4) is 0 Å². The third-order valence-electron chi connectivity index (χ3n) is 6.06. The minimum absolute atomic E-state index is 0.0712. The van der Waals surface area contributed by atoms with Crippen LogP contribution >= 0.6 is 0 Å². The smallest absolute Gasteiger partial charge is 0.336 e. The van der Waals surface area contributed by atoms with Crippen molar-refractivity contribution in [2.45, 2.75) is 26.2 Å². The number of methoxy groups -OCH3 is 1. The number of nitrogens with zero attached hydrogens (tertiary/aromatic N) is 1. The summed E-state index contributed by atoms with van der Waals surface area (Å²) in [7, 11) is 1.57. The lowest BCUT2D eigenvalue weighted by molar-refractivity contribution is -0.135. The van der Waals surface area contributed by atoms with Crippen LogP contribution in [0.5, 0.6) is 17.2 Å². The number of fused-ring (bicyclic) bond motifs is 3. The molecular weight excluding hydrogens is 440 g/mol. The van der Waals surface area contributed by atoms with E-state index in [0.717, 1.165) is 5.56 Å². The van der Waals surface area contributed by atoms with Crippen LogP contribution in [-0.4, -0.2) is 34.2 Å². The topological polar surface area (TPSA) is 132 Å². The lowest BCUT2D eigenvalue weighted by atomic mass is 9.82. The summed E-state index contributed by atoms with van der Waals surface area (Å²) < 4.78 is 16.2. The van der Waals surface area contributed by atoms with Crippen molar-refractivity contribution in [3.8, 4) is 28.5 Å². The first-order chi connectivity index (χ1) is 16.3. The number of esters is 1. The number of aryl methyl sites for hydroxylation is 1. The number of rotatable bonds is 4. The number of benzene rings is 2. The van der Waals surface area contributed by atoms with Gasteiger partial charge in [0.15, 0.2) is 11.5 Å². The highest BCUT2D eigenvalue weighted by atomic mass is 16.5. The zero-order valence-electron chi connectivity index (χ0n) is 18.6. The first kappa shape index (κ1) is 21.4. The Balaban J connectivity index is 1.83. The van der Waals surface area contributed by atoms with E-state index in [4.69, 9.17) is 13.9 Å². The Bertz CT molecular complexity index is 1530. The minimum atomic E-state index is -0.654. The Labute approximate surface area is 192 Å². The quantitative estimate of drug-likeness (QED) is 0.203. The molecule has 0 amide bonds. The maximum atomic E-state index is 12.7. The highest BCUT2D eigenvalue weighted by Crippen LogP contribution is 2.50. The summed E-state index contributed by atoms with van der Waals surface area (Å²) in [5, 5.41) is 18.3. The maximum absolute atomic E-state index is 12.7. The highest BCUT2D eigenvalue weighted by molar-refractivity contribution is 6.09. The number of hydrogen-bond acceptors (Lipinski definition) is 8. The molecular formula is C25H20N2O7. The summed E-state index contributed by atoms with van der Waals surface area (Å²) in [5.41, 5.74) is 2.18. The van der Waals surface area contributed by atoms with Gasteiger partial charge in [0.1, 0.15) is 22.6 Å². The number of phenolic OH excluding ortho intramolecular Hbond substituents is 1. The Morgan fingerprint density at radius 2 is 1.97 bits per heavy atom. The molecule has 9 nitrogen and oxygen atoms in total. The molecule has 4 aromatic rings. The van der Waals surface area contributed by atoms with Gasteiger partial charge in [-0.05, 0) is 43.7 Å². The van der Waals surface area contributed by atoms with E-state index < -0.39 is 29.0 Å². The molecule has 34 heavy (non-hydrogen) atoms. The minimum Gasteiger partial charge on any atom is -0.506 e. The van der Waals surface area contributed by atoms with Crippen LogP contribution in [0.4, 0.5) is 0 Å². The summed E-state index contributed by atoms with van der Waals surface area (Å²) in [6.45, 7) is 2.91. The Hall–Kier alpha value is -4.40. The first-order valence-electron chi connectivity index (χ1n) is 10.5. The lowest BCUT2D eigenvalue weighted by Crippen LogP contribution is -2.24. The standard InChI is InChI=1S/C25H20N2O7/c1-11-8-17(29)33-24-19(11)23(31)20(12(2)28)25-21(24)15(9-18(30)34-25)16-10-26-27-22(16)13-4-6-14(32-3)7-5-13/h4-8,10,15,31H,9H2,1-3H3,(H,26,27). The van der Waals surface area contributed by atoms with Gasteiger partial charge < -0.3 is 19.0 Å². The monoisotopic (exact) mass is 460 g/mol. The van der Waals surface area contributed by atoms with Gasteiger partial charge in [-0.15, -0.1) is 0 Å². The van der Waals surface area contributed by atoms with Gasteiger partial charge in [0, 0.05) is 28.7 Å². The number of carbonyl (C=O) groups is 2. The zero-order chi connectivity index (χ0) is 24.1. The van der Waals surface area contributed by atoms with E-state index in [-0.39, 0.29) is 28.7 Å². The summed E-state index contributed by atoms with van der Waals surface area (Å²) in [4.78, 5) is 37.5. The molecule has 0 spiro atoms. The lowest BCUT2D eigenvalue weighted by Gasteiger charge is -2.27. The fraction of sp³-hybridized carbons (Fsp3) is 0.200. The molecule has 9 heteroatoms. The molecule has 1 unspecified atom stereocenters. The molecule has 5 rings (SSSR count).